The molecule has 2 amide bonds. The number of amides is 2. The molecule has 8 heteroatoms. The van der Waals surface area contributed by atoms with Gasteiger partial charge in [0.25, 0.3) is 5.91 Å². The topological polar surface area (TPSA) is 72.6 Å². The highest BCUT2D eigenvalue weighted by atomic mass is 35.6. The second-order valence-corrected chi connectivity index (χ2v) is 9.96. The van der Waals surface area contributed by atoms with Gasteiger partial charge in [0.1, 0.15) is 5.76 Å². The third-order valence-corrected chi connectivity index (χ3v) is 5.35. The highest BCUT2D eigenvalue weighted by Gasteiger charge is 2.42. The summed E-state index contributed by atoms with van der Waals surface area (Å²) in [5.41, 5.74) is 6.31. The van der Waals surface area contributed by atoms with E-state index in [0.717, 1.165) is 6.42 Å². The van der Waals surface area contributed by atoms with Crippen LogP contribution in [0.15, 0.2) is 11.8 Å². The number of alkyl halides is 3. The first-order valence-corrected chi connectivity index (χ1v) is 9.97. The summed E-state index contributed by atoms with van der Waals surface area (Å²) < 4.78 is 3.80. The van der Waals surface area contributed by atoms with Crippen LogP contribution < -0.4 is 5.73 Å². The van der Waals surface area contributed by atoms with Crippen LogP contribution in [-0.2, 0) is 14.3 Å². The van der Waals surface area contributed by atoms with Crippen LogP contribution in [0.1, 0.15) is 47.0 Å². The summed E-state index contributed by atoms with van der Waals surface area (Å²) in [7, 11) is 1.45. The SMILES string of the molecule is COC1=CC(=O)N(C(=O)C(C)C(N)C(C)CC(C)C)C1CCC(Cl)(Cl)Cl. The van der Waals surface area contributed by atoms with E-state index in [9.17, 15) is 9.59 Å². The number of carbonyl (C=O) groups is 2. The molecule has 0 saturated heterocycles. The zero-order valence-corrected chi connectivity index (χ0v) is 18.2. The van der Waals surface area contributed by atoms with Crippen molar-refractivity contribution >= 4 is 46.6 Å². The predicted molar refractivity (Wildman–Crippen MR) is 106 cm³/mol. The summed E-state index contributed by atoms with van der Waals surface area (Å²) in [6.07, 6.45) is 2.71. The molecular formula is C18H29Cl3N2O3. The van der Waals surface area contributed by atoms with Gasteiger partial charge in [0.2, 0.25) is 5.91 Å². The number of imide groups is 1. The number of ether oxygens (including phenoxy) is 1. The molecule has 0 spiro atoms. The average molecular weight is 428 g/mol. The molecule has 0 fully saturated rings. The lowest BCUT2D eigenvalue weighted by atomic mass is 9.85. The van der Waals surface area contributed by atoms with E-state index in [1.807, 2.05) is 6.92 Å². The number of nitrogens with two attached hydrogens (primary N) is 1. The molecule has 0 radical (unpaired) electrons. The van der Waals surface area contributed by atoms with E-state index >= 15 is 0 Å². The maximum atomic E-state index is 13.0. The number of hydrogen-bond donors (Lipinski definition) is 1. The monoisotopic (exact) mass is 426 g/mol. The Kier molecular flexibility index (Phi) is 8.72. The van der Waals surface area contributed by atoms with Crippen LogP contribution in [0.25, 0.3) is 0 Å². The lowest BCUT2D eigenvalue weighted by Crippen LogP contribution is -2.49. The van der Waals surface area contributed by atoms with E-state index in [0.29, 0.717) is 18.1 Å². The van der Waals surface area contributed by atoms with E-state index in [-0.39, 0.29) is 24.3 Å². The molecule has 0 aliphatic carbocycles. The molecule has 5 nitrogen and oxygen atoms in total. The molecule has 1 rings (SSSR count). The number of hydrogen-bond acceptors (Lipinski definition) is 4. The van der Waals surface area contributed by atoms with Crippen LogP contribution in [0.3, 0.4) is 0 Å². The van der Waals surface area contributed by atoms with Crippen molar-refractivity contribution in [2.45, 2.75) is 62.8 Å². The maximum Gasteiger partial charge on any atom is 0.257 e. The molecule has 2 N–H and O–H groups in total. The van der Waals surface area contributed by atoms with Gasteiger partial charge in [-0.15, -0.1) is 0 Å². The summed E-state index contributed by atoms with van der Waals surface area (Å²) in [4.78, 5) is 26.6. The molecule has 1 aliphatic heterocycles. The number of methoxy groups -OCH3 is 1. The third kappa shape index (κ3) is 6.29. The highest BCUT2D eigenvalue weighted by Crippen LogP contribution is 2.35. The van der Waals surface area contributed by atoms with Gasteiger partial charge in [-0.25, -0.2) is 0 Å². The number of rotatable bonds is 8. The molecule has 0 aromatic carbocycles. The van der Waals surface area contributed by atoms with Crippen molar-refractivity contribution in [3.8, 4) is 0 Å². The van der Waals surface area contributed by atoms with Gasteiger partial charge in [0.05, 0.1) is 19.1 Å². The molecule has 1 heterocycles. The predicted octanol–water partition coefficient (Wildman–Crippen LogP) is 4.05. The van der Waals surface area contributed by atoms with Crippen LogP contribution in [0.5, 0.6) is 0 Å². The highest BCUT2D eigenvalue weighted by molar-refractivity contribution is 6.67. The minimum Gasteiger partial charge on any atom is -0.499 e. The quantitative estimate of drug-likeness (QED) is 0.593. The van der Waals surface area contributed by atoms with Gasteiger partial charge in [-0.3, -0.25) is 14.5 Å². The Morgan fingerprint density at radius 3 is 2.35 bits per heavy atom. The van der Waals surface area contributed by atoms with Crippen LogP contribution in [-0.4, -0.2) is 39.7 Å². The fraction of sp³-hybridized carbons (Fsp3) is 0.778. The van der Waals surface area contributed by atoms with Gasteiger partial charge >= 0.3 is 0 Å². The summed E-state index contributed by atoms with van der Waals surface area (Å²) in [5.74, 6) is -0.222. The Hall–Kier alpha value is -0.490. The van der Waals surface area contributed by atoms with Gasteiger partial charge in [0.15, 0.2) is 3.79 Å². The van der Waals surface area contributed by atoms with Crippen LogP contribution >= 0.6 is 34.8 Å². The molecule has 4 atom stereocenters. The van der Waals surface area contributed by atoms with E-state index < -0.39 is 21.7 Å². The van der Waals surface area contributed by atoms with E-state index in [2.05, 4.69) is 13.8 Å². The van der Waals surface area contributed by atoms with Crippen molar-refractivity contribution < 1.29 is 14.3 Å². The number of halogens is 3. The zero-order valence-electron chi connectivity index (χ0n) is 16.0. The smallest absolute Gasteiger partial charge is 0.257 e. The first kappa shape index (κ1) is 23.5. The second kappa shape index (κ2) is 9.63. The van der Waals surface area contributed by atoms with Crippen molar-refractivity contribution in [2.24, 2.45) is 23.5 Å². The minimum atomic E-state index is -1.47. The maximum absolute atomic E-state index is 13.0. The summed E-state index contributed by atoms with van der Waals surface area (Å²) in [6.45, 7) is 8.01. The molecule has 4 unspecified atom stereocenters. The Labute approximate surface area is 171 Å². The second-order valence-electron chi connectivity index (χ2n) is 7.44. The third-order valence-electron chi connectivity index (χ3n) is 4.78. The Morgan fingerprint density at radius 1 is 1.31 bits per heavy atom. The number of carbonyl (C=O) groups excluding carboxylic acids is 2. The van der Waals surface area contributed by atoms with Crippen LogP contribution in [0.2, 0.25) is 0 Å². The van der Waals surface area contributed by atoms with Crippen molar-refractivity contribution in [3.63, 3.8) is 0 Å². The normalized spacial score (nSPS) is 21.6. The standard InChI is InChI=1S/C18H29Cl3N2O3/c1-10(2)8-11(3)16(22)12(4)17(25)23-13(6-7-18(19,20)21)14(26-5)9-15(23)24/h9-13,16H,6-8,22H2,1-5H3. The number of nitrogens with zero attached hydrogens (tertiary/aromatic N) is 1. The minimum absolute atomic E-state index is 0.154. The molecule has 0 aromatic heterocycles. The first-order valence-electron chi connectivity index (χ1n) is 8.84. The van der Waals surface area contributed by atoms with Crippen LogP contribution in [0, 0.1) is 17.8 Å². The van der Waals surface area contributed by atoms with Gasteiger partial charge in [0, 0.05) is 12.1 Å². The molecule has 26 heavy (non-hydrogen) atoms. The summed E-state index contributed by atoms with van der Waals surface area (Å²) in [6, 6.07) is -0.927. The lowest BCUT2D eigenvalue weighted by Gasteiger charge is -2.32. The molecule has 1 aliphatic rings. The summed E-state index contributed by atoms with van der Waals surface area (Å²) in [5, 5.41) is 0. The fourth-order valence-electron chi connectivity index (χ4n) is 3.37. The van der Waals surface area contributed by atoms with Gasteiger partial charge in [-0.1, -0.05) is 62.5 Å². The molecule has 0 bridgehead atoms. The van der Waals surface area contributed by atoms with E-state index in [1.165, 1.54) is 18.1 Å². The Morgan fingerprint density at radius 2 is 1.88 bits per heavy atom. The molecular weight excluding hydrogens is 399 g/mol. The Balaban J connectivity index is 2.94. The van der Waals surface area contributed by atoms with Crippen molar-refractivity contribution in [3.05, 3.63) is 11.8 Å². The van der Waals surface area contributed by atoms with Crippen molar-refractivity contribution in [1.82, 2.24) is 4.90 Å². The van der Waals surface area contributed by atoms with Gasteiger partial charge in [-0.2, -0.15) is 0 Å². The van der Waals surface area contributed by atoms with E-state index in [4.69, 9.17) is 45.3 Å². The molecule has 150 valence electrons. The van der Waals surface area contributed by atoms with E-state index in [1.54, 1.807) is 6.92 Å². The first-order chi connectivity index (χ1) is 11.9. The van der Waals surface area contributed by atoms with Crippen molar-refractivity contribution in [2.75, 3.05) is 7.11 Å². The zero-order chi connectivity index (χ0) is 20.2. The van der Waals surface area contributed by atoms with Crippen LogP contribution in [0.4, 0.5) is 0 Å². The fourth-order valence-corrected chi connectivity index (χ4v) is 3.70. The average Bonchev–Trinajstić information content (AvgIpc) is 2.85. The van der Waals surface area contributed by atoms with Gasteiger partial charge < -0.3 is 10.5 Å². The summed E-state index contributed by atoms with van der Waals surface area (Å²) >= 11 is 17.5. The van der Waals surface area contributed by atoms with Crippen molar-refractivity contribution in [1.29, 1.82) is 0 Å². The largest absolute Gasteiger partial charge is 0.499 e. The molecule has 0 saturated carbocycles. The molecule has 0 aromatic rings. The lowest BCUT2D eigenvalue weighted by molar-refractivity contribution is -0.146. The van der Waals surface area contributed by atoms with Gasteiger partial charge in [-0.05, 0) is 31.1 Å². The Bertz CT molecular complexity index is 546.